The summed E-state index contributed by atoms with van der Waals surface area (Å²) in [4.78, 5) is 26.1. The molecule has 4 nitrogen and oxygen atoms in total. The minimum atomic E-state index is -0.268. The smallest absolute Gasteiger partial charge is 0.232 e. The maximum absolute atomic E-state index is 12.3. The first-order valence-electron chi connectivity index (χ1n) is 6.20. The fraction of sp³-hybridized carbons (Fsp3) is 0.833. The van der Waals surface area contributed by atoms with Crippen LogP contribution in [0.2, 0.25) is 0 Å². The van der Waals surface area contributed by atoms with Crippen LogP contribution >= 0.6 is 0 Å². The van der Waals surface area contributed by atoms with Crippen LogP contribution in [0.1, 0.15) is 32.6 Å². The van der Waals surface area contributed by atoms with E-state index in [4.69, 9.17) is 0 Å². The molecule has 2 bridgehead atoms. The number of nitrogens with one attached hydrogen (secondary N) is 1. The molecule has 1 saturated carbocycles. The molecule has 4 heteroatoms. The maximum atomic E-state index is 12.3. The summed E-state index contributed by atoms with van der Waals surface area (Å²) in [7, 11) is 0. The zero-order valence-corrected chi connectivity index (χ0v) is 9.66. The van der Waals surface area contributed by atoms with E-state index in [1.54, 1.807) is 4.90 Å². The van der Waals surface area contributed by atoms with Gasteiger partial charge < -0.3 is 5.32 Å². The van der Waals surface area contributed by atoms with E-state index >= 15 is 0 Å². The normalized spacial score (nSPS) is 43.2. The van der Waals surface area contributed by atoms with Crippen molar-refractivity contribution in [1.29, 1.82) is 0 Å². The van der Waals surface area contributed by atoms with Crippen molar-refractivity contribution in [3.63, 3.8) is 0 Å². The molecular formula is C12H18N2O2. The zero-order valence-electron chi connectivity index (χ0n) is 9.66. The third kappa shape index (κ3) is 1.25. The van der Waals surface area contributed by atoms with Gasteiger partial charge in [0.2, 0.25) is 11.8 Å². The van der Waals surface area contributed by atoms with E-state index in [0.29, 0.717) is 0 Å². The number of fused-ring (bicyclic) bond motifs is 2. The quantitative estimate of drug-likeness (QED) is 0.658. The lowest BCUT2D eigenvalue weighted by Gasteiger charge is -2.41. The molecule has 3 fully saturated rings. The summed E-state index contributed by atoms with van der Waals surface area (Å²) in [6.07, 6.45) is 3.52. The van der Waals surface area contributed by atoms with Crippen molar-refractivity contribution in [3.05, 3.63) is 0 Å². The largest absolute Gasteiger partial charge is 0.314 e. The van der Waals surface area contributed by atoms with E-state index in [9.17, 15) is 9.59 Å². The fourth-order valence-corrected chi connectivity index (χ4v) is 3.43. The molecule has 3 aliphatic rings. The van der Waals surface area contributed by atoms with Crippen molar-refractivity contribution in [2.75, 3.05) is 13.1 Å². The van der Waals surface area contributed by atoms with Crippen molar-refractivity contribution in [1.82, 2.24) is 10.2 Å². The van der Waals surface area contributed by atoms with E-state index in [1.165, 1.54) is 0 Å². The molecule has 3 unspecified atom stereocenters. The summed E-state index contributed by atoms with van der Waals surface area (Å²) >= 11 is 0. The van der Waals surface area contributed by atoms with E-state index < -0.39 is 0 Å². The fourth-order valence-electron chi connectivity index (χ4n) is 3.43. The van der Waals surface area contributed by atoms with Crippen LogP contribution in [0.4, 0.5) is 0 Å². The summed E-state index contributed by atoms with van der Waals surface area (Å²) in [5.41, 5.74) is -0.268. The first-order valence-corrected chi connectivity index (χ1v) is 6.20. The summed E-state index contributed by atoms with van der Waals surface area (Å²) in [5.74, 6) is 0.426. The molecule has 0 spiro atoms. The van der Waals surface area contributed by atoms with Crippen molar-refractivity contribution in [2.24, 2.45) is 11.8 Å². The van der Waals surface area contributed by atoms with Crippen molar-refractivity contribution < 1.29 is 9.59 Å². The van der Waals surface area contributed by atoms with Gasteiger partial charge in [0, 0.05) is 18.4 Å². The van der Waals surface area contributed by atoms with Crippen molar-refractivity contribution >= 4 is 11.8 Å². The van der Waals surface area contributed by atoms with Crippen LogP contribution < -0.4 is 5.32 Å². The second-order valence-corrected chi connectivity index (χ2v) is 5.64. The highest BCUT2D eigenvalue weighted by Crippen LogP contribution is 2.41. The van der Waals surface area contributed by atoms with E-state index in [-0.39, 0.29) is 29.2 Å². The second-order valence-electron chi connectivity index (χ2n) is 5.64. The molecule has 0 radical (unpaired) electrons. The summed E-state index contributed by atoms with van der Waals surface area (Å²) < 4.78 is 0. The minimum absolute atomic E-state index is 0.0879. The Hall–Kier alpha value is -0.900. The molecule has 3 atom stereocenters. The Balaban J connectivity index is 1.93. The highest BCUT2D eigenvalue weighted by atomic mass is 16.2. The van der Waals surface area contributed by atoms with Gasteiger partial charge in [-0.05, 0) is 39.2 Å². The summed E-state index contributed by atoms with van der Waals surface area (Å²) in [6.45, 7) is 3.69. The summed E-state index contributed by atoms with van der Waals surface area (Å²) in [6, 6.07) is 0. The molecule has 2 aliphatic heterocycles. The average Bonchev–Trinajstić information content (AvgIpc) is 2.84. The van der Waals surface area contributed by atoms with Crippen LogP contribution in [-0.4, -0.2) is 35.3 Å². The lowest BCUT2D eigenvalue weighted by molar-refractivity contribution is -0.159. The molecule has 2 heterocycles. The molecule has 3 rings (SSSR count). The number of nitrogens with zero attached hydrogens (tertiary/aromatic N) is 1. The number of carbonyl (C=O) groups excluding carboxylic acids is 2. The molecule has 0 aromatic carbocycles. The Morgan fingerprint density at radius 3 is 2.38 bits per heavy atom. The molecule has 88 valence electrons. The van der Waals surface area contributed by atoms with Gasteiger partial charge in [-0.15, -0.1) is 0 Å². The number of hydrogen-bond acceptors (Lipinski definition) is 3. The SMILES string of the molecule is CC1(N2C(=O)C3CCC(C3)C2=O)CCNC1. The van der Waals surface area contributed by atoms with E-state index in [1.807, 2.05) is 6.92 Å². The third-order valence-electron chi connectivity index (χ3n) is 4.46. The maximum Gasteiger partial charge on any atom is 0.232 e. The number of piperidine rings is 1. The number of likely N-dealkylation sites (tertiary alicyclic amines) is 1. The highest BCUT2D eigenvalue weighted by Gasteiger charge is 2.52. The van der Waals surface area contributed by atoms with Gasteiger partial charge in [0.1, 0.15) is 0 Å². The Labute approximate surface area is 95.4 Å². The Morgan fingerprint density at radius 2 is 1.88 bits per heavy atom. The first-order chi connectivity index (χ1) is 7.62. The Morgan fingerprint density at radius 1 is 1.25 bits per heavy atom. The molecule has 2 saturated heterocycles. The van der Waals surface area contributed by atoms with Gasteiger partial charge in [0.25, 0.3) is 0 Å². The standard InChI is InChI=1S/C12H18N2O2/c1-12(4-5-13-7-12)14-10(15)8-2-3-9(6-8)11(14)16/h8-9,13H,2-7H2,1H3. The number of imide groups is 1. The van der Waals surface area contributed by atoms with Gasteiger partial charge in [-0.25, -0.2) is 0 Å². The molecule has 1 aliphatic carbocycles. The second kappa shape index (κ2) is 3.29. The van der Waals surface area contributed by atoms with Gasteiger partial charge in [-0.2, -0.15) is 0 Å². The molecule has 1 N–H and O–H groups in total. The minimum Gasteiger partial charge on any atom is -0.314 e. The van der Waals surface area contributed by atoms with Gasteiger partial charge in [-0.1, -0.05) is 0 Å². The average molecular weight is 222 g/mol. The van der Waals surface area contributed by atoms with E-state index in [0.717, 1.165) is 38.8 Å². The van der Waals surface area contributed by atoms with Gasteiger partial charge >= 0.3 is 0 Å². The number of rotatable bonds is 1. The van der Waals surface area contributed by atoms with Crippen molar-refractivity contribution in [3.8, 4) is 0 Å². The predicted octanol–water partition coefficient (Wildman–Crippen LogP) is 0.524. The van der Waals surface area contributed by atoms with E-state index in [2.05, 4.69) is 5.32 Å². The highest BCUT2D eigenvalue weighted by molar-refractivity contribution is 6.01. The van der Waals surface area contributed by atoms with Crippen LogP contribution in [0.3, 0.4) is 0 Å². The topological polar surface area (TPSA) is 49.4 Å². The van der Waals surface area contributed by atoms with Crippen LogP contribution in [0.5, 0.6) is 0 Å². The van der Waals surface area contributed by atoms with Crippen LogP contribution in [0.15, 0.2) is 0 Å². The third-order valence-corrected chi connectivity index (χ3v) is 4.46. The monoisotopic (exact) mass is 222 g/mol. The number of carbonyl (C=O) groups is 2. The lowest BCUT2D eigenvalue weighted by atomic mass is 9.89. The molecule has 16 heavy (non-hydrogen) atoms. The Bertz CT molecular complexity index is 325. The van der Waals surface area contributed by atoms with Gasteiger partial charge in [-0.3, -0.25) is 14.5 Å². The number of hydrogen-bond donors (Lipinski definition) is 1. The number of amides is 2. The summed E-state index contributed by atoms with van der Waals surface area (Å²) in [5, 5.41) is 3.26. The van der Waals surface area contributed by atoms with Crippen molar-refractivity contribution in [2.45, 2.75) is 38.1 Å². The molecule has 2 amide bonds. The van der Waals surface area contributed by atoms with Crippen LogP contribution in [0.25, 0.3) is 0 Å². The van der Waals surface area contributed by atoms with Crippen LogP contribution in [-0.2, 0) is 9.59 Å². The van der Waals surface area contributed by atoms with Gasteiger partial charge in [0.05, 0.1) is 5.54 Å². The molecule has 0 aromatic heterocycles. The molecule has 0 aromatic rings. The Kier molecular flexibility index (Phi) is 2.11. The first kappa shape index (κ1) is 10.3. The van der Waals surface area contributed by atoms with Gasteiger partial charge in [0.15, 0.2) is 0 Å². The lowest BCUT2D eigenvalue weighted by Crippen LogP contribution is -2.58. The zero-order chi connectivity index (χ0) is 11.3. The molecular weight excluding hydrogens is 204 g/mol. The van der Waals surface area contributed by atoms with Crippen LogP contribution in [0, 0.1) is 11.8 Å². The predicted molar refractivity (Wildman–Crippen MR) is 58.6 cm³/mol.